The van der Waals surface area contributed by atoms with Gasteiger partial charge in [0.05, 0.1) is 11.5 Å². The summed E-state index contributed by atoms with van der Waals surface area (Å²) in [6.45, 7) is 0.109. The van der Waals surface area contributed by atoms with Gasteiger partial charge in [-0.25, -0.2) is 18.5 Å². The smallest absolute Gasteiger partial charge is 0.238 e. The summed E-state index contributed by atoms with van der Waals surface area (Å²) in [7, 11) is -2.35. The summed E-state index contributed by atoms with van der Waals surface area (Å²) in [5, 5.41) is 5.40. The minimum absolute atomic E-state index is 0.0168. The van der Waals surface area contributed by atoms with Crippen molar-refractivity contribution in [3.8, 4) is 11.3 Å². The Hall–Kier alpha value is -1.54. The Morgan fingerprint density at radius 1 is 1.30 bits per heavy atom. The lowest BCUT2D eigenvalue weighted by molar-refractivity contribution is 0.182. The van der Waals surface area contributed by atoms with Crippen LogP contribution in [0.5, 0.6) is 0 Å². The second kappa shape index (κ2) is 5.84. The first-order chi connectivity index (χ1) is 9.43. The van der Waals surface area contributed by atoms with E-state index >= 15 is 0 Å². The Kier molecular flexibility index (Phi) is 4.34. The van der Waals surface area contributed by atoms with E-state index in [1.54, 1.807) is 12.1 Å². The van der Waals surface area contributed by atoms with E-state index in [1.807, 2.05) is 0 Å². The quantitative estimate of drug-likeness (QED) is 0.924. The Morgan fingerprint density at radius 2 is 2.00 bits per heavy atom. The summed E-state index contributed by atoms with van der Waals surface area (Å²) in [6, 6.07) is 4.61. The van der Waals surface area contributed by atoms with Crippen molar-refractivity contribution in [1.82, 2.24) is 9.97 Å². The van der Waals surface area contributed by atoms with Crippen LogP contribution in [0.4, 0.5) is 0 Å². The molecule has 1 aromatic heterocycles. The second-order valence-corrected chi connectivity index (χ2v) is 5.88. The number of sulfonamides is 1. The van der Waals surface area contributed by atoms with Gasteiger partial charge in [-0.05, 0) is 17.7 Å². The zero-order valence-electron chi connectivity index (χ0n) is 10.6. The van der Waals surface area contributed by atoms with Crippen LogP contribution in [0, 0.1) is 0 Å². The summed E-state index contributed by atoms with van der Waals surface area (Å²) in [4.78, 5) is 8.07. The van der Waals surface area contributed by atoms with Gasteiger partial charge in [0.15, 0.2) is 5.15 Å². The maximum absolute atomic E-state index is 11.5. The molecule has 0 unspecified atom stereocenters. The molecule has 0 atom stereocenters. The first-order valence-electron chi connectivity index (χ1n) is 5.55. The molecule has 2 rings (SSSR count). The Bertz CT molecular complexity index is 734. The molecule has 2 N–H and O–H groups in total. The Morgan fingerprint density at radius 3 is 2.60 bits per heavy atom. The molecular formula is C12H12ClN3O3S. The summed E-state index contributed by atoms with van der Waals surface area (Å²) in [6.07, 6.45) is 2.98. The van der Waals surface area contributed by atoms with E-state index in [1.165, 1.54) is 25.6 Å². The van der Waals surface area contributed by atoms with E-state index < -0.39 is 10.0 Å². The van der Waals surface area contributed by atoms with E-state index in [0.29, 0.717) is 16.8 Å². The van der Waals surface area contributed by atoms with Crippen molar-refractivity contribution in [2.75, 3.05) is 7.11 Å². The fraction of sp³-hybridized carbons (Fsp3) is 0.167. The van der Waals surface area contributed by atoms with Crippen molar-refractivity contribution in [2.24, 2.45) is 5.14 Å². The van der Waals surface area contributed by atoms with Crippen LogP contribution in [0.3, 0.4) is 0 Å². The van der Waals surface area contributed by atoms with Gasteiger partial charge >= 0.3 is 0 Å². The molecule has 0 aliphatic carbocycles. The minimum atomic E-state index is -3.81. The summed E-state index contributed by atoms with van der Waals surface area (Å²) in [5.74, 6) is 0. The van der Waals surface area contributed by atoms with E-state index in [0.717, 1.165) is 0 Å². The highest BCUT2D eigenvalue weighted by atomic mass is 35.5. The highest BCUT2D eigenvalue weighted by Crippen LogP contribution is 2.27. The third-order valence-corrected chi connectivity index (χ3v) is 3.88. The molecule has 0 aliphatic rings. The van der Waals surface area contributed by atoms with Gasteiger partial charge in [0.25, 0.3) is 0 Å². The van der Waals surface area contributed by atoms with Crippen LogP contribution in [-0.4, -0.2) is 25.5 Å². The van der Waals surface area contributed by atoms with Crippen LogP contribution >= 0.6 is 11.6 Å². The number of benzene rings is 1. The highest BCUT2D eigenvalue weighted by Gasteiger charge is 2.16. The van der Waals surface area contributed by atoms with Crippen molar-refractivity contribution in [2.45, 2.75) is 11.5 Å². The maximum atomic E-state index is 11.5. The predicted octanol–water partition coefficient (Wildman–Crippen LogP) is 1.59. The van der Waals surface area contributed by atoms with Crippen molar-refractivity contribution < 1.29 is 13.2 Å². The second-order valence-electron chi connectivity index (χ2n) is 4.00. The fourth-order valence-corrected chi connectivity index (χ4v) is 2.74. The van der Waals surface area contributed by atoms with Gasteiger partial charge in [0.1, 0.15) is 5.69 Å². The lowest BCUT2D eigenvalue weighted by Gasteiger charge is -2.10. The van der Waals surface area contributed by atoms with Gasteiger partial charge < -0.3 is 4.74 Å². The van der Waals surface area contributed by atoms with Crippen molar-refractivity contribution >= 4 is 21.6 Å². The van der Waals surface area contributed by atoms with Gasteiger partial charge in [0, 0.05) is 25.1 Å². The zero-order valence-corrected chi connectivity index (χ0v) is 12.1. The molecule has 0 saturated carbocycles. The minimum Gasteiger partial charge on any atom is -0.380 e. The molecule has 0 spiro atoms. The zero-order chi connectivity index (χ0) is 14.8. The van der Waals surface area contributed by atoms with Crippen LogP contribution in [-0.2, 0) is 21.4 Å². The number of rotatable bonds is 4. The van der Waals surface area contributed by atoms with E-state index in [-0.39, 0.29) is 16.7 Å². The number of halogens is 1. The van der Waals surface area contributed by atoms with Crippen LogP contribution in [0.1, 0.15) is 5.56 Å². The van der Waals surface area contributed by atoms with Crippen LogP contribution in [0.25, 0.3) is 11.3 Å². The van der Waals surface area contributed by atoms with Gasteiger partial charge in [-0.1, -0.05) is 17.7 Å². The van der Waals surface area contributed by atoms with E-state index in [2.05, 4.69) is 9.97 Å². The fourth-order valence-electron chi connectivity index (χ4n) is 1.79. The molecule has 8 heteroatoms. The number of aromatic nitrogens is 2. The van der Waals surface area contributed by atoms with Crippen LogP contribution in [0.2, 0.25) is 5.15 Å². The van der Waals surface area contributed by atoms with Crippen LogP contribution < -0.4 is 5.14 Å². The Labute approximate surface area is 121 Å². The molecule has 1 heterocycles. The third kappa shape index (κ3) is 3.13. The number of methoxy groups -OCH3 is 1. The van der Waals surface area contributed by atoms with E-state index in [4.69, 9.17) is 21.5 Å². The number of nitrogens with zero attached hydrogens (tertiary/aromatic N) is 2. The number of ether oxygens (including phenoxy) is 1. The van der Waals surface area contributed by atoms with Crippen molar-refractivity contribution in [3.63, 3.8) is 0 Å². The standard InChI is InChI=1S/C12H12ClN3O3S/c1-19-7-9-6-8(2-3-10(9)20(14,17)18)11-12(13)16-5-4-15-11/h2-6H,7H2,1H3,(H2,14,17,18). The molecule has 20 heavy (non-hydrogen) atoms. The lowest BCUT2D eigenvalue weighted by atomic mass is 10.1. The number of nitrogens with two attached hydrogens (primary N) is 1. The predicted molar refractivity (Wildman–Crippen MR) is 74.6 cm³/mol. The normalized spacial score (nSPS) is 11.6. The molecule has 2 aromatic rings. The van der Waals surface area contributed by atoms with Crippen molar-refractivity contribution in [3.05, 3.63) is 41.3 Å². The third-order valence-electron chi connectivity index (χ3n) is 2.59. The molecule has 0 radical (unpaired) electrons. The van der Waals surface area contributed by atoms with Gasteiger partial charge in [-0.3, -0.25) is 4.98 Å². The number of hydrogen-bond donors (Lipinski definition) is 1. The highest BCUT2D eigenvalue weighted by molar-refractivity contribution is 7.89. The van der Waals surface area contributed by atoms with Gasteiger partial charge in [0.2, 0.25) is 10.0 Å². The van der Waals surface area contributed by atoms with E-state index in [9.17, 15) is 8.42 Å². The topological polar surface area (TPSA) is 95.2 Å². The molecular weight excluding hydrogens is 302 g/mol. The number of primary sulfonamides is 1. The molecule has 0 amide bonds. The Balaban J connectivity index is 2.59. The molecule has 0 bridgehead atoms. The lowest BCUT2D eigenvalue weighted by Crippen LogP contribution is -2.15. The van der Waals surface area contributed by atoms with Gasteiger partial charge in [-0.15, -0.1) is 0 Å². The first-order valence-corrected chi connectivity index (χ1v) is 7.47. The maximum Gasteiger partial charge on any atom is 0.238 e. The van der Waals surface area contributed by atoms with Crippen molar-refractivity contribution in [1.29, 1.82) is 0 Å². The van der Waals surface area contributed by atoms with Crippen LogP contribution in [0.15, 0.2) is 35.5 Å². The molecule has 1 aromatic carbocycles. The number of hydrogen-bond acceptors (Lipinski definition) is 5. The molecule has 6 nitrogen and oxygen atoms in total. The summed E-state index contributed by atoms with van der Waals surface area (Å²) >= 11 is 5.97. The monoisotopic (exact) mass is 313 g/mol. The molecule has 0 aliphatic heterocycles. The van der Waals surface area contributed by atoms with Gasteiger partial charge in [-0.2, -0.15) is 0 Å². The first kappa shape index (κ1) is 14.9. The average molecular weight is 314 g/mol. The summed E-state index contributed by atoms with van der Waals surface area (Å²) < 4.78 is 28.0. The SMILES string of the molecule is COCc1cc(-c2nccnc2Cl)ccc1S(N)(=O)=O. The molecule has 0 fully saturated rings. The molecule has 0 saturated heterocycles. The summed E-state index contributed by atoms with van der Waals surface area (Å²) in [5.41, 5.74) is 1.55. The average Bonchev–Trinajstić information content (AvgIpc) is 2.38. The largest absolute Gasteiger partial charge is 0.380 e. The molecule has 106 valence electrons.